The quantitative estimate of drug-likeness (QED) is 0.166. The van der Waals surface area contributed by atoms with E-state index in [2.05, 4.69) is 18.8 Å². The van der Waals surface area contributed by atoms with Crippen molar-refractivity contribution in [1.82, 2.24) is 9.55 Å². The number of H-pyrrole nitrogens is 1. The Kier molecular flexibility index (Phi) is 26.6. The highest BCUT2D eigenvalue weighted by atomic mass is 32.2. The molecule has 0 saturated carbocycles. The van der Waals surface area contributed by atoms with E-state index < -0.39 is 31.5 Å². The van der Waals surface area contributed by atoms with Crippen molar-refractivity contribution in [3.8, 4) is 0 Å². The van der Waals surface area contributed by atoms with Gasteiger partial charge >= 0.3 is 14.3 Å². The van der Waals surface area contributed by atoms with E-state index in [1.165, 1.54) is 35.0 Å². The van der Waals surface area contributed by atoms with Gasteiger partial charge in [0.15, 0.2) is 10.2 Å². The van der Waals surface area contributed by atoms with Crippen LogP contribution in [0.2, 0.25) is 0 Å². The maximum absolute atomic E-state index is 12.2. The predicted molar refractivity (Wildman–Crippen MR) is 179 cm³/mol. The number of carbonyl (C=O) groups is 2. The second-order valence-corrected chi connectivity index (χ2v) is 13.7. The van der Waals surface area contributed by atoms with Crippen molar-refractivity contribution >= 4 is 42.4 Å². The molecule has 0 radical (unpaired) electrons. The summed E-state index contributed by atoms with van der Waals surface area (Å²) in [5.74, 6) is 0.749. The minimum atomic E-state index is -1.77. The van der Waals surface area contributed by atoms with Gasteiger partial charge in [0.05, 0.1) is 45.1 Å². The predicted octanol–water partition coefficient (Wildman–Crippen LogP) is 5.96. The zero-order valence-corrected chi connectivity index (χ0v) is 30.5. The number of carbonyl (C=O) groups excluding carboxylic acids is 2. The van der Waals surface area contributed by atoms with Crippen LogP contribution < -0.4 is 11.2 Å². The summed E-state index contributed by atoms with van der Waals surface area (Å²) in [6, 6.07) is 1.27. The van der Waals surface area contributed by atoms with Gasteiger partial charge in [0.2, 0.25) is 0 Å². The van der Waals surface area contributed by atoms with Crippen molar-refractivity contribution in [2.45, 2.75) is 87.5 Å². The van der Waals surface area contributed by atoms with Crippen LogP contribution >= 0.6 is 32.1 Å². The van der Waals surface area contributed by atoms with Gasteiger partial charge < -0.3 is 23.4 Å². The van der Waals surface area contributed by atoms with E-state index in [1.807, 2.05) is 34.6 Å². The van der Waals surface area contributed by atoms with Gasteiger partial charge in [-0.25, -0.2) is 4.79 Å². The van der Waals surface area contributed by atoms with Crippen LogP contribution in [-0.2, 0) is 27.9 Å². The molecular formula is C29H54FN2O9PS2. The summed E-state index contributed by atoms with van der Waals surface area (Å²) >= 11 is 2.26. The second-order valence-electron chi connectivity index (χ2n) is 10.3. The number of aromatic amines is 1. The van der Waals surface area contributed by atoms with Crippen molar-refractivity contribution in [1.29, 1.82) is 0 Å². The summed E-state index contributed by atoms with van der Waals surface area (Å²) in [6.45, 7) is 17.6. The largest absolute Gasteiger partial charge is 0.395 e. The average molecular weight is 689 g/mol. The average Bonchev–Trinajstić information content (AvgIpc) is 3.37. The first-order chi connectivity index (χ1) is 20.9. The zero-order chi connectivity index (χ0) is 34.3. The number of aromatic nitrogens is 2. The SMILES string of the molecule is CC.CC(C)C(=O)SCCOP(OCCSC(=O)C(C)(C)CO)OCC1CC(C)C(n2ccc(=O)[nH]c2=O)O1.CCC.CF. The minimum absolute atomic E-state index is 0.000930. The van der Waals surface area contributed by atoms with Gasteiger partial charge in [-0.2, -0.15) is 0 Å². The van der Waals surface area contributed by atoms with Crippen LogP contribution in [-0.4, -0.2) is 76.1 Å². The highest BCUT2D eigenvalue weighted by Crippen LogP contribution is 2.42. The van der Waals surface area contributed by atoms with Gasteiger partial charge in [-0.1, -0.05) is 78.4 Å². The van der Waals surface area contributed by atoms with Gasteiger partial charge in [0.25, 0.3) is 5.56 Å². The number of aliphatic hydroxyl groups is 1. The first-order valence-corrected chi connectivity index (χ1v) is 17.9. The smallest absolute Gasteiger partial charge is 0.332 e. The molecule has 2 heterocycles. The normalized spacial score (nSPS) is 18.2. The number of thioether (sulfide) groups is 2. The number of alkyl halides is 1. The standard InChI is InChI=1S/C23H37N2O9PS2.C3H8.C2H6.CH3F/c1-15(2)20(28)36-10-8-31-35(32-9-11-37-21(29)23(4,5)14-26)33-13-17-12-16(3)19(34-17)25-7-6-18(27)24-22(25)30;1-3-2;2*1-2/h6-7,15-17,19,26H,8-14H2,1-5H3,(H,24,27,30);3H2,1-2H3;1-2H3;1H3. The molecule has 1 aromatic heterocycles. The van der Waals surface area contributed by atoms with Crippen molar-refractivity contribution in [3.63, 3.8) is 0 Å². The van der Waals surface area contributed by atoms with Crippen LogP contribution in [0.3, 0.4) is 0 Å². The van der Waals surface area contributed by atoms with Crippen molar-refractivity contribution in [2.75, 3.05) is 45.1 Å². The van der Waals surface area contributed by atoms with Crippen LogP contribution in [0.4, 0.5) is 4.39 Å². The highest BCUT2D eigenvalue weighted by molar-refractivity contribution is 8.14. The Balaban J connectivity index is 0. The Labute approximate surface area is 271 Å². The van der Waals surface area contributed by atoms with Crippen LogP contribution in [0.5, 0.6) is 0 Å². The van der Waals surface area contributed by atoms with Crippen LogP contribution in [0.15, 0.2) is 21.9 Å². The van der Waals surface area contributed by atoms with E-state index in [4.69, 9.17) is 18.3 Å². The molecule has 1 aromatic rings. The molecule has 0 aliphatic carbocycles. The molecule has 44 heavy (non-hydrogen) atoms. The Morgan fingerprint density at radius 2 is 1.68 bits per heavy atom. The summed E-state index contributed by atoms with van der Waals surface area (Å²) < 4.78 is 34.3. The Morgan fingerprint density at radius 3 is 2.18 bits per heavy atom. The molecule has 11 nitrogen and oxygen atoms in total. The maximum atomic E-state index is 12.2. The number of hydrogen-bond donors (Lipinski definition) is 2. The summed E-state index contributed by atoms with van der Waals surface area (Å²) in [7, 11) is -1.27. The second kappa shape index (κ2) is 26.0. The van der Waals surface area contributed by atoms with E-state index in [1.54, 1.807) is 13.8 Å². The fourth-order valence-electron chi connectivity index (χ4n) is 3.18. The lowest BCUT2D eigenvalue weighted by Gasteiger charge is -2.21. The molecule has 0 aromatic carbocycles. The maximum Gasteiger partial charge on any atom is 0.332 e. The van der Waals surface area contributed by atoms with Crippen molar-refractivity contribution < 1.29 is 37.4 Å². The Morgan fingerprint density at radius 1 is 1.14 bits per heavy atom. The molecule has 0 bridgehead atoms. The van der Waals surface area contributed by atoms with Crippen LogP contribution in [0.25, 0.3) is 0 Å². The third-order valence-electron chi connectivity index (χ3n) is 5.40. The molecule has 1 aliphatic rings. The fourth-order valence-corrected chi connectivity index (χ4v) is 5.92. The first kappa shape index (κ1) is 45.0. The van der Waals surface area contributed by atoms with E-state index in [0.29, 0.717) is 25.1 Å². The molecule has 2 rings (SSSR count). The molecule has 258 valence electrons. The summed E-state index contributed by atoms with van der Waals surface area (Å²) in [4.78, 5) is 49.8. The fraction of sp³-hybridized carbons (Fsp3) is 0.793. The van der Waals surface area contributed by atoms with Crippen molar-refractivity contribution in [3.05, 3.63) is 33.1 Å². The summed E-state index contributed by atoms with van der Waals surface area (Å²) in [5.41, 5.74) is -1.84. The molecular weight excluding hydrogens is 634 g/mol. The number of nitrogens with one attached hydrogen (secondary N) is 1. The number of ether oxygens (including phenoxy) is 1. The van der Waals surface area contributed by atoms with Gasteiger partial charge in [-0.3, -0.25) is 28.3 Å². The zero-order valence-electron chi connectivity index (χ0n) is 27.9. The third-order valence-corrected chi connectivity index (χ3v) is 8.86. The molecule has 0 spiro atoms. The monoisotopic (exact) mass is 688 g/mol. The lowest BCUT2D eigenvalue weighted by molar-refractivity contribution is -0.120. The lowest BCUT2D eigenvalue weighted by atomic mass is 9.97. The van der Waals surface area contributed by atoms with Gasteiger partial charge in [-0.05, 0) is 20.3 Å². The molecule has 1 fully saturated rings. The van der Waals surface area contributed by atoms with E-state index in [0.717, 1.165) is 11.8 Å². The number of halogens is 1. The van der Waals surface area contributed by atoms with Gasteiger partial charge in [0.1, 0.15) is 6.23 Å². The van der Waals surface area contributed by atoms with Gasteiger partial charge in [0, 0.05) is 35.6 Å². The first-order valence-electron chi connectivity index (χ1n) is 14.8. The molecule has 1 saturated heterocycles. The molecule has 4 unspecified atom stereocenters. The van der Waals surface area contributed by atoms with Crippen LogP contribution in [0.1, 0.15) is 81.4 Å². The number of hydrogen-bond acceptors (Lipinski definition) is 11. The van der Waals surface area contributed by atoms with E-state index in [-0.39, 0.29) is 54.6 Å². The lowest BCUT2D eigenvalue weighted by Crippen LogP contribution is -2.33. The molecule has 0 amide bonds. The topological polar surface area (TPSA) is 146 Å². The summed E-state index contributed by atoms with van der Waals surface area (Å²) in [5, 5.41) is 9.28. The highest BCUT2D eigenvalue weighted by Gasteiger charge is 2.35. The Bertz CT molecular complexity index is 1030. The molecule has 15 heteroatoms. The van der Waals surface area contributed by atoms with Crippen LogP contribution in [0, 0.1) is 17.3 Å². The number of nitrogens with zero attached hydrogens (tertiary/aromatic N) is 1. The summed E-state index contributed by atoms with van der Waals surface area (Å²) in [6.07, 6.45) is 2.42. The van der Waals surface area contributed by atoms with E-state index in [9.17, 15) is 28.7 Å². The number of aliphatic hydroxyl groups excluding tert-OH is 1. The van der Waals surface area contributed by atoms with Gasteiger partial charge in [-0.15, -0.1) is 0 Å². The number of rotatable bonds is 15. The molecule has 1 aliphatic heterocycles. The minimum Gasteiger partial charge on any atom is -0.395 e. The van der Waals surface area contributed by atoms with E-state index >= 15 is 0 Å². The van der Waals surface area contributed by atoms with Crippen molar-refractivity contribution in [2.24, 2.45) is 17.3 Å². The molecule has 2 N–H and O–H groups in total. The molecule has 4 atom stereocenters. The third kappa shape index (κ3) is 18.1. The Hall–Kier alpha value is -1.12.